The maximum Gasteiger partial charge on any atom is 0.122 e. The number of methoxy groups -OCH3 is 1. The normalized spacial score (nSPS) is 12.6. The lowest BCUT2D eigenvalue weighted by molar-refractivity contribution is 0.185. The summed E-state index contributed by atoms with van der Waals surface area (Å²) in [5.74, 6) is 0.817. The third kappa shape index (κ3) is 2.05. The van der Waals surface area contributed by atoms with E-state index in [0.29, 0.717) is 0 Å². The van der Waals surface area contributed by atoms with Gasteiger partial charge in [0.25, 0.3) is 0 Å². The van der Waals surface area contributed by atoms with Crippen molar-refractivity contribution in [2.75, 3.05) is 13.7 Å². The molecule has 0 radical (unpaired) electrons. The summed E-state index contributed by atoms with van der Waals surface area (Å²) in [6.45, 7) is 2.27. The van der Waals surface area contributed by atoms with E-state index in [1.807, 2.05) is 25.1 Å². The number of benzene rings is 1. The van der Waals surface area contributed by atoms with Crippen LogP contribution < -0.4 is 10.5 Å². The molecule has 0 aromatic heterocycles. The Bertz CT molecular complexity index is 299. The first-order valence-corrected chi connectivity index (χ1v) is 4.78. The van der Waals surface area contributed by atoms with Crippen molar-refractivity contribution < 1.29 is 9.84 Å². The van der Waals surface area contributed by atoms with E-state index < -0.39 is 6.10 Å². The van der Waals surface area contributed by atoms with Crippen molar-refractivity contribution >= 4 is 0 Å². The van der Waals surface area contributed by atoms with Crippen LogP contribution in [-0.2, 0) is 6.42 Å². The number of ether oxygens (including phenoxy) is 1. The van der Waals surface area contributed by atoms with Crippen molar-refractivity contribution in [3.05, 3.63) is 29.3 Å². The molecule has 0 saturated carbocycles. The van der Waals surface area contributed by atoms with Gasteiger partial charge in [-0.2, -0.15) is 0 Å². The zero-order chi connectivity index (χ0) is 10.6. The summed E-state index contributed by atoms with van der Waals surface area (Å²) in [6.07, 6.45) is 0.233. The predicted molar refractivity (Wildman–Crippen MR) is 56.4 cm³/mol. The Labute approximate surface area is 84.5 Å². The molecule has 1 rings (SSSR count). The van der Waals surface area contributed by atoms with Gasteiger partial charge >= 0.3 is 0 Å². The minimum Gasteiger partial charge on any atom is -0.496 e. The molecular formula is C11H17NO2. The SMILES string of the molecule is CCc1c(OC)cccc1C(O)CN. The van der Waals surface area contributed by atoms with Crippen molar-refractivity contribution in [2.24, 2.45) is 5.73 Å². The molecule has 1 aromatic rings. The van der Waals surface area contributed by atoms with Crippen LogP contribution in [0.1, 0.15) is 24.2 Å². The third-order valence-electron chi connectivity index (χ3n) is 2.33. The third-order valence-corrected chi connectivity index (χ3v) is 2.33. The summed E-state index contributed by atoms with van der Waals surface area (Å²) < 4.78 is 5.22. The molecule has 14 heavy (non-hydrogen) atoms. The second kappa shape index (κ2) is 4.98. The van der Waals surface area contributed by atoms with Crippen molar-refractivity contribution in [3.63, 3.8) is 0 Å². The average Bonchev–Trinajstić information content (AvgIpc) is 2.26. The molecule has 78 valence electrons. The van der Waals surface area contributed by atoms with Crippen LogP contribution in [0.15, 0.2) is 18.2 Å². The van der Waals surface area contributed by atoms with Gasteiger partial charge in [-0.1, -0.05) is 19.1 Å². The van der Waals surface area contributed by atoms with Gasteiger partial charge in [0.15, 0.2) is 0 Å². The van der Waals surface area contributed by atoms with E-state index in [-0.39, 0.29) is 6.54 Å². The molecule has 3 nitrogen and oxygen atoms in total. The fourth-order valence-corrected chi connectivity index (χ4v) is 1.59. The first kappa shape index (κ1) is 11.0. The lowest BCUT2D eigenvalue weighted by atomic mass is 9.99. The molecule has 0 amide bonds. The number of hydrogen-bond donors (Lipinski definition) is 2. The minimum atomic E-state index is -0.597. The van der Waals surface area contributed by atoms with E-state index in [2.05, 4.69) is 0 Å². The molecule has 0 spiro atoms. The van der Waals surface area contributed by atoms with Crippen LogP contribution in [0.4, 0.5) is 0 Å². The maximum absolute atomic E-state index is 9.68. The Kier molecular flexibility index (Phi) is 3.92. The minimum absolute atomic E-state index is 0.236. The summed E-state index contributed by atoms with van der Waals surface area (Å²) in [5, 5.41) is 9.68. The van der Waals surface area contributed by atoms with Crippen LogP contribution in [-0.4, -0.2) is 18.8 Å². The van der Waals surface area contributed by atoms with E-state index in [4.69, 9.17) is 10.5 Å². The van der Waals surface area contributed by atoms with E-state index >= 15 is 0 Å². The Morgan fingerprint density at radius 3 is 2.71 bits per heavy atom. The van der Waals surface area contributed by atoms with Gasteiger partial charge in [0.1, 0.15) is 5.75 Å². The molecule has 1 atom stereocenters. The molecule has 3 N–H and O–H groups in total. The smallest absolute Gasteiger partial charge is 0.122 e. The van der Waals surface area contributed by atoms with Crippen molar-refractivity contribution in [1.29, 1.82) is 0 Å². The fourth-order valence-electron chi connectivity index (χ4n) is 1.59. The first-order valence-electron chi connectivity index (χ1n) is 4.78. The van der Waals surface area contributed by atoms with Crippen LogP contribution in [0, 0.1) is 0 Å². The highest BCUT2D eigenvalue weighted by molar-refractivity contribution is 5.41. The summed E-state index contributed by atoms with van der Waals surface area (Å²) in [7, 11) is 1.63. The monoisotopic (exact) mass is 195 g/mol. The second-order valence-corrected chi connectivity index (χ2v) is 3.13. The molecule has 0 saturated heterocycles. The highest BCUT2D eigenvalue weighted by Gasteiger charge is 2.12. The van der Waals surface area contributed by atoms with Gasteiger partial charge in [0.2, 0.25) is 0 Å². The van der Waals surface area contributed by atoms with E-state index in [1.165, 1.54) is 0 Å². The van der Waals surface area contributed by atoms with Crippen molar-refractivity contribution in [1.82, 2.24) is 0 Å². The molecule has 0 fully saturated rings. The van der Waals surface area contributed by atoms with Gasteiger partial charge in [-0.05, 0) is 23.6 Å². The zero-order valence-corrected chi connectivity index (χ0v) is 8.66. The molecule has 3 heteroatoms. The molecule has 1 unspecified atom stereocenters. The van der Waals surface area contributed by atoms with Gasteiger partial charge in [0, 0.05) is 6.54 Å². The zero-order valence-electron chi connectivity index (χ0n) is 8.66. The molecule has 0 bridgehead atoms. The van der Waals surface area contributed by atoms with Gasteiger partial charge < -0.3 is 15.6 Å². The maximum atomic E-state index is 9.68. The summed E-state index contributed by atoms with van der Waals surface area (Å²) in [5.41, 5.74) is 7.33. The quantitative estimate of drug-likeness (QED) is 0.760. The average molecular weight is 195 g/mol. The summed E-state index contributed by atoms with van der Waals surface area (Å²) in [6, 6.07) is 5.65. The molecular weight excluding hydrogens is 178 g/mol. The largest absolute Gasteiger partial charge is 0.496 e. The molecule has 0 aliphatic rings. The lowest BCUT2D eigenvalue weighted by Gasteiger charge is -2.15. The fraction of sp³-hybridized carbons (Fsp3) is 0.455. The predicted octanol–water partition coefficient (Wildman–Crippen LogP) is 1.25. The van der Waals surface area contributed by atoms with Crippen LogP contribution in [0.25, 0.3) is 0 Å². The van der Waals surface area contributed by atoms with Gasteiger partial charge in [-0.25, -0.2) is 0 Å². The summed E-state index contributed by atoms with van der Waals surface area (Å²) in [4.78, 5) is 0. The lowest BCUT2D eigenvalue weighted by Crippen LogP contribution is -2.13. The molecule has 1 aromatic carbocycles. The van der Waals surface area contributed by atoms with Crippen LogP contribution in [0.2, 0.25) is 0 Å². The number of nitrogens with two attached hydrogens (primary N) is 1. The van der Waals surface area contributed by atoms with Crippen LogP contribution in [0.5, 0.6) is 5.75 Å². The Balaban J connectivity index is 3.14. The van der Waals surface area contributed by atoms with Crippen LogP contribution in [0.3, 0.4) is 0 Å². The van der Waals surface area contributed by atoms with Crippen LogP contribution >= 0.6 is 0 Å². The molecule has 0 aliphatic carbocycles. The highest BCUT2D eigenvalue weighted by Crippen LogP contribution is 2.26. The van der Waals surface area contributed by atoms with Gasteiger partial charge in [-0.3, -0.25) is 0 Å². The Morgan fingerprint density at radius 2 is 2.21 bits per heavy atom. The van der Waals surface area contributed by atoms with Gasteiger partial charge in [0.05, 0.1) is 13.2 Å². The molecule has 0 aliphatic heterocycles. The van der Waals surface area contributed by atoms with E-state index in [1.54, 1.807) is 7.11 Å². The van der Waals surface area contributed by atoms with E-state index in [0.717, 1.165) is 23.3 Å². The summed E-state index contributed by atoms with van der Waals surface area (Å²) >= 11 is 0. The van der Waals surface area contributed by atoms with Crippen molar-refractivity contribution in [2.45, 2.75) is 19.4 Å². The highest BCUT2D eigenvalue weighted by atomic mass is 16.5. The van der Waals surface area contributed by atoms with E-state index in [9.17, 15) is 5.11 Å². The second-order valence-electron chi connectivity index (χ2n) is 3.13. The first-order chi connectivity index (χ1) is 6.74. The molecule has 0 heterocycles. The Hall–Kier alpha value is -1.06. The number of hydrogen-bond acceptors (Lipinski definition) is 3. The standard InChI is InChI=1S/C11H17NO2/c1-3-8-9(10(13)7-12)5-4-6-11(8)14-2/h4-6,10,13H,3,7,12H2,1-2H3. The number of rotatable bonds is 4. The Morgan fingerprint density at radius 1 is 1.50 bits per heavy atom. The number of aliphatic hydroxyl groups is 1. The van der Waals surface area contributed by atoms with Crippen molar-refractivity contribution in [3.8, 4) is 5.75 Å². The van der Waals surface area contributed by atoms with Gasteiger partial charge in [-0.15, -0.1) is 0 Å². The topological polar surface area (TPSA) is 55.5 Å². The number of aliphatic hydroxyl groups excluding tert-OH is 1.